The molecule has 3 rings (SSSR count). The first-order chi connectivity index (χ1) is 8.68. The molecule has 1 aromatic rings. The smallest absolute Gasteiger partial charge is 0.0897 e. The number of aromatic nitrogens is 1. The lowest BCUT2D eigenvalue weighted by Crippen LogP contribution is -2.62. The fourth-order valence-corrected chi connectivity index (χ4v) is 4.10. The molecule has 1 saturated carbocycles. The normalized spacial score (nSPS) is 28.0. The molecule has 3 nitrogen and oxygen atoms in total. The molecular formula is C14H23N3S. The molecule has 2 aliphatic rings. The number of rotatable bonds is 2. The van der Waals surface area contributed by atoms with Crippen LogP contribution in [-0.4, -0.2) is 34.6 Å². The molecule has 1 aliphatic carbocycles. The van der Waals surface area contributed by atoms with Crippen molar-refractivity contribution in [3.05, 3.63) is 16.1 Å². The van der Waals surface area contributed by atoms with Crippen LogP contribution in [-0.2, 0) is 6.54 Å². The van der Waals surface area contributed by atoms with Crippen LogP contribution in [0.2, 0.25) is 0 Å². The number of hydrogen-bond donors (Lipinski definition) is 1. The van der Waals surface area contributed by atoms with Crippen LogP contribution in [0, 0.1) is 6.92 Å². The Kier molecular flexibility index (Phi) is 3.43. The molecule has 0 amide bonds. The van der Waals surface area contributed by atoms with E-state index in [1.807, 2.05) is 0 Å². The van der Waals surface area contributed by atoms with E-state index >= 15 is 0 Å². The largest absolute Gasteiger partial charge is 0.311 e. The summed E-state index contributed by atoms with van der Waals surface area (Å²) in [6.45, 7) is 7.76. The van der Waals surface area contributed by atoms with Gasteiger partial charge in [0.05, 0.1) is 10.7 Å². The zero-order valence-corrected chi connectivity index (χ0v) is 12.2. The maximum atomic E-state index is 4.64. The van der Waals surface area contributed by atoms with Gasteiger partial charge in [-0.05, 0) is 26.7 Å². The van der Waals surface area contributed by atoms with Gasteiger partial charge in [0.2, 0.25) is 0 Å². The molecule has 4 heteroatoms. The molecule has 0 radical (unpaired) electrons. The quantitative estimate of drug-likeness (QED) is 0.891. The van der Waals surface area contributed by atoms with Crippen LogP contribution in [0.15, 0.2) is 5.38 Å². The first kappa shape index (κ1) is 12.6. The summed E-state index contributed by atoms with van der Waals surface area (Å²) in [4.78, 5) is 7.34. The van der Waals surface area contributed by atoms with E-state index in [1.165, 1.54) is 36.4 Å². The van der Waals surface area contributed by atoms with E-state index in [4.69, 9.17) is 0 Å². The number of thiazole rings is 1. The van der Waals surface area contributed by atoms with Gasteiger partial charge in [0.15, 0.2) is 0 Å². The summed E-state index contributed by atoms with van der Waals surface area (Å²) in [6, 6.07) is 0.607. The number of piperazine rings is 1. The molecule has 100 valence electrons. The van der Waals surface area contributed by atoms with E-state index in [2.05, 4.69) is 34.4 Å². The van der Waals surface area contributed by atoms with Crippen LogP contribution in [0.4, 0.5) is 0 Å². The van der Waals surface area contributed by atoms with Crippen molar-refractivity contribution in [2.24, 2.45) is 0 Å². The highest BCUT2D eigenvalue weighted by Gasteiger charge is 2.42. The lowest BCUT2D eigenvalue weighted by Gasteiger charge is -2.47. The van der Waals surface area contributed by atoms with Crippen molar-refractivity contribution in [3.8, 4) is 0 Å². The van der Waals surface area contributed by atoms with Crippen molar-refractivity contribution in [1.29, 1.82) is 0 Å². The third kappa shape index (κ3) is 2.33. The summed E-state index contributed by atoms with van der Waals surface area (Å²) >= 11 is 1.77. The molecule has 1 N–H and O–H groups in total. The van der Waals surface area contributed by atoms with Crippen molar-refractivity contribution in [3.63, 3.8) is 0 Å². The lowest BCUT2D eigenvalue weighted by molar-refractivity contribution is 0.0383. The van der Waals surface area contributed by atoms with E-state index in [-0.39, 0.29) is 0 Å². The van der Waals surface area contributed by atoms with Crippen molar-refractivity contribution in [1.82, 2.24) is 15.2 Å². The Balaban J connectivity index is 1.77. The van der Waals surface area contributed by atoms with Gasteiger partial charge in [-0.1, -0.05) is 12.8 Å². The Morgan fingerprint density at radius 2 is 2.28 bits per heavy atom. The number of hydrogen-bond acceptors (Lipinski definition) is 4. The maximum Gasteiger partial charge on any atom is 0.0897 e. The minimum atomic E-state index is 0.421. The zero-order valence-electron chi connectivity index (χ0n) is 11.4. The van der Waals surface area contributed by atoms with Crippen LogP contribution >= 0.6 is 11.3 Å². The average molecular weight is 265 g/mol. The molecule has 1 unspecified atom stereocenters. The Morgan fingerprint density at radius 1 is 1.50 bits per heavy atom. The monoisotopic (exact) mass is 265 g/mol. The Bertz CT molecular complexity index is 409. The maximum absolute atomic E-state index is 4.64. The second kappa shape index (κ2) is 4.91. The molecular weight excluding hydrogens is 242 g/mol. The van der Waals surface area contributed by atoms with Crippen molar-refractivity contribution in [2.45, 2.75) is 57.7 Å². The topological polar surface area (TPSA) is 28.2 Å². The van der Waals surface area contributed by atoms with Gasteiger partial charge in [0, 0.05) is 36.6 Å². The van der Waals surface area contributed by atoms with Gasteiger partial charge in [-0.3, -0.25) is 4.90 Å². The highest BCUT2D eigenvalue weighted by molar-refractivity contribution is 7.09. The first-order valence-corrected chi connectivity index (χ1v) is 7.95. The Morgan fingerprint density at radius 3 is 2.94 bits per heavy atom. The van der Waals surface area contributed by atoms with E-state index in [1.54, 1.807) is 11.3 Å². The molecule has 0 bridgehead atoms. The molecule has 1 spiro atoms. The van der Waals surface area contributed by atoms with Gasteiger partial charge in [-0.2, -0.15) is 0 Å². The lowest BCUT2D eigenvalue weighted by atomic mass is 9.91. The molecule has 1 aromatic heterocycles. The van der Waals surface area contributed by atoms with Crippen LogP contribution < -0.4 is 5.32 Å². The highest BCUT2D eigenvalue weighted by atomic mass is 32.1. The summed E-state index contributed by atoms with van der Waals surface area (Å²) in [5.41, 5.74) is 1.68. The highest BCUT2D eigenvalue weighted by Crippen LogP contribution is 2.37. The molecule has 0 aromatic carbocycles. The molecule has 2 heterocycles. The Hall–Kier alpha value is -0.450. The molecule has 1 atom stereocenters. The summed E-state index contributed by atoms with van der Waals surface area (Å²) in [5.74, 6) is 0. The number of aryl methyl sites for hydroxylation is 1. The molecule has 18 heavy (non-hydrogen) atoms. The minimum absolute atomic E-state index is 0.421. The predicted molar refractivity (Wildman–Crippen MR) is 75.9 cm³/mol. The van der Waals surface area contributed by atoms with Crippen LogP contribution in [0.5, 0.6) is 0 Å². The fraction of sp³-hybridized carbons (Fsp3) is 0.786. The standard InChI is InChI=1S/C14H23N3S/c1-11-7-17(8-13-9-18-12(2)16-13)14(10-15-11)5-3-4-6-14/h9,11,15H,3-8,10H2,1-2H3. The van der Waals surface area contributed by atoms with E-state index < -0.39 is 0 Å². The van der Waals surface area contributed by atoms with Gasteiger partial charge in [0.1, 0.15) is 0 Å². The molecule has 2 fully saturated rings. The third-order valence-electron chi connectivity index (χ3n) is 4.50. The van der Waals surface area contributed by atoms with E-state index in [9.17, 15) is 0 Å². The Labute approximate surface area is 114 Å². The van der Waals surface area contributed by atoms with Gasteiger partial charge < -0.3 is 5.32 Å². The number of nitrogens with one attached hydrogen (secondary N) is 1. The van der Waals surface area contributed by atoms with E-state index in [0.29, 0.717) is 11.6 Å². The predicted octanol–water partition coefficient (Wildman–Crippen LogP) is 2.56. The third-order valence-corrected chi connectivity index (χ3v) is 5.32. The van der Waals surface area contributed by atoms with Gasteiger partial charge in [-0.25, -0.2) is 4.98 Å². The minimum Gasteiger partial charge on any atom is -0.311 e. The van der Waals surface area contributed by atoms with Crippen molar-refractivity contribution in [2.75, 3.05) is 13.1 Å². The SMILES string of the molecule is Cc1nc(CN2CC(C)NCC23CCCC3)cs1. The van der Waals surface area contributed by atoms with E-state index in [0.717, 1.165) is 19.6 Å². The second-order valence-corrected chi connectivity index (χ2v) is 7.01. The van der Waals surface area contributed by atoms with Crippen LogP contribution in [0.1, 0.15) is 43.3 Å². The summed E-state index contributed by atoms with van der Waals surface area (Å²) < 4.78 is 0. The van der Waals surface area contributed by atoms with Gasteiger partial charge >= 0.3 is 0 Å². The van der Waals surface area contributed by atoms with Gasteiger partial charge in [0.25, 0.3) is 0 Å². The van der Waals surface area contributed by atoms with Crippen molar-refractivity contribution < 1.29 is 0 Å². The molecule has 1 aliphatic heterocycles. The number of nitrogens with zero attached hydrogens (tertiary/aromatic N) is 2. The summed E-state index contributed by atoms with van der Waals surface area (Å²) in [5, 5.41) is 7.09. The molecule has 1 saturated heterocycles. The first-order valence-electron chi connectivity index (χ1n) is 7.07. The summed E-state index contributed by atoms with van der Waals surface area (Å²) in [6.07, 6.45) is 5.50. The fourth-order valence-electron chi connectivity index (χ4n) is 3.50. The zero-order chi connectivity index (χ0) is 12.6. The van der Waals surface area contributed by atoms with Crippen LogP contribution in [0.25, 0.3) is 0 Å². The average Bonchev–Trinajstić information content (AvgIpc) is 2.95. The van der Waals surface area contributed by atoms with Crippen LogP contribution in [0.3, 0.4) is 0 Å². The summed E-state index contributed by atoms with van der Waals surface area (Å²) in [7, 11) is 0. The van der Waals surface area contributed by atoms with Crippen molar-refractivity contribution >= 4 is 11.3 Å². The second-order valence-electron chi connectivity index (χ2n) is 5.95. The van der Waals surface area contributed by atoms with Gasteiger partial charge in [-0.15, -0.1) is 11.3 Å².